The van der Waals surface area contributed by atoms with Crippen molar-refractivity contribution in [2.45, 2.75) is 25.1 Å². The second kappa shape index (κ2) is 7.37. The first-order valence-corrected chi connectivity index (χ1v) is 6.19. The summed E-state index contributed by atoms with van der Waals surface area (Å²) < 4.78 is 52.7. The molecule has 5 nitrogen and oxygen atoms in total. The second-order valence-corrected chi connectivity index (χ2v) is 4.30. The number of hydrogen-bond acceptors (Lipinski definition) is 5. The van der Waals surface area contributed by atoms with Gasteiger partial charge < -0.3 is 14.2 Å². The minimum absolute atomic E-state index is 0.216. The van der Waals surface area contributed by atoms with Crippen LogP contribution in [-0.4, -0.2) is 27.5 Å². The SMILES string of the molecule is COc1ccc(C(CCC(F)(F)F)NN)c(OC)c1OC. The zero-order valence-electron chi connectivity index (χ0n) is 12.1. The Balaban J connectivity index is 3.14. The van der Waals surface area contributed by atoms with Crippen LogP contribution in [0.1, 0.15) is 24.4 Å². The maximum absolute atomic E-state index is 12.4. The molecule has 1 unspecified atom stereocenters. The second-order valence-electron chi connectivity index (χ2n) is 4.30. The minimum atomic E-state index is -4.25. The quantitative estimate of drug-likeness (QED) is 0.598. The lowest BCUT2D eigenvalue weighted by atomic mass is 10.0. The van der Waals surface area contributed by atoms with Gasteiger partial charge in [-0.25, -0.2) is 0 Å². The number of nitrogens with one attached hydrogen (secondary N) is 1. The van der Waals surface area contributed by atoms with Gasteiger partial charge in [-0.15, -0.1) is 0 Å². The summed E-state index contributed by atoms with van der Waals surface area (Å²) >= 11 is 0. The molecule has 1 atom stereocenters. The molecule has 120 valence electrons. The van der Waals surface area contributed by atoms with E-state index >= 15 is 0 Å². The van der Waals surface area contributed by atoms with Gasteiger partial charge in [0.25, 0.3) is 0 Å². The number of alkyl halides is 3. The number of halogens is 3. The monoisotopic (exact) mass is 308 g/mol. The van der Waals surface area contributed by atoms with Crippen LogP contribution in [0.3, 0.4) is 0 Å². The molecule has 0 aliphatic rings. The summed E-state index contributed by atoms with van der Waals surface area (Å²) in [6, 6.07) is 2.47. The van der Waals surface area contributed by atoms with Crippen molar-refractivity contribution in [1.29, 1.82) is 0 Å². The average molecular weight is 308 g/mol. The molecule has 0 radical (unpaired) electrons. The zero-order chi connectivity index (χ0) is 16.0. The molecule has 1 aromatic rings. The van der Waals surface area contributed by atoms with Crippen molar-refractivity contribution in [2.24, 2.45) is 5.84 Å². The number of hydrogen-bond donors (Lipinski definition) is 2. The number of nitrogens with two attached hydrogens (primary N) is 1. The van der Waals surface area contributed by atoms with Crippen LogP contribution in [0.5, 0.6) is 17.2 Å². The number of methoxy groups -OCH3 is 3. The maximum atomic E-state index is 12.4. The molecule has 3 N–H and O–H groups in total. The molecule has 21 heavy (non-hydrogen) atoms. The number of ether oxygens (including phenoxy) is 3. The third-order valence-electron chi connectivity index (χ3n) is 3.03. The van der Waals surface area contributed by atoms with Crippen LogP contribution in [0.25, 0.3) is 0 Å². The third kappa shape index (κ3) is 4.40. The first-order valence-electron chi connectivity index (χ1n) is 6.19. The van der Waals surface area contributed by atoms with Crippen molar-refractivity contribution in [1.82, 2.24) is 5.43 Å². The van der Waals surface area contributed by atoms with Gasteiger partial charge in [0.15, 0.2) is 11.5 Å². The fourth-order valence-corrected chi connectivity index (χ4v) is 2.04. The van der Waals surface area contributed by atoms with Crippen LogP contribution < -0.4 is 25.5 Å². The van der Waals surface area contributed by atoms with Crippen molar-refractivity contribution >= 4 is 0 Å². The van der Waals surface area contributed by atoms with Gasteiger partial charge in [0.1, 0.15) is 0 Å². The van der Waals surface area contributed by atoms with Gasteiger partial charge >= 0.3 is 6.18 Å². The Hall–Kier alpha value is -1.67. The molecule has 0 saturated carbocycles. The predicted octanol–water partition coefficient (Wildman–Crippen LogP) is 2.56. The Labute approximate surface area is 121 Å². The summed E-state index contributed by atoms with van der Waals surface area (Å²) in [5, 5.41) is 0. The zero-order valence-corrected chi connectivity index (χ0v) is 12.1. The van der Waals surface area contributed by atoms with E-state index in [0.717, 1.165) is 0 Å². The van der Waals surface area contributed by atoms with E-state index in [1.165, 1.54) is 21.3 Å². The average Bonchev–Trinajstić information content (AvgIpc) is 2.45. The molecule has 0 amide bonds. The normalized spacial score (nSPS) is 12.9. The highest BCUT2D eigenvalue weighted by molar-refractivity contribution is 5.56. The molecule has 0 aliphatic carbocycles. The summed E-state index contributed by atoms with van der Waals surface area (Å²) in [5.74, 6) is 6.40. The smallest absolute Gasteiger partial charge is 0.389 e. The van der Waals surface area contributed by atoms with E-state index in [1.807, 2.05) is 0 Å². The van der Waals surface area contributed by atoms with Crippen LogP contribution >= 0.6 is 0 Å². The number of benzene rings is 1. The lowest BCUT2D eigenvalue weighted by Crippen LogP contribution is -2.29. The summed E-state index contributed by atoms with van der Waals surface area (Å²) in [7, 11) is 4.28. The van der Waals surface area contributed by atoms with Crippen molar-refractivity contribution in [3.63, 3.8) is 0 Å². The molecule has 0 aromatic heterocycles. The standard InChI is InChI=1S/C13H19F3N2O3/c1-19-10-5-4-8(11(20-2)12(10)21-3)9(18-17)6-7-13(14,15)16/h4-5,9,18H,6-7,17H2,1-3H3. The van der Waals surface area contributed by atoms with Crippen molar-refractivity contribution in [2.75, 3.05) is 21.3 Å². The highest BCUT2D eigenvalue weighted by atomic mass is 19.4. The summed E-state index contributed by atoms with van der Waals surface area (Å²) in [6.45, 7) is 0. The highest BCUT2D eigenvalue weighted by Gasteiger charge is 2.30. The number of rotatable bonds is 7. The van der Waals surface area contributed by atoms with Gasteiger partial charge in [-0.05, 0) is 18.6 Å². The lowest BCUT2D eigenvalue weighted by Gasteiger charge is -2.22. The fraction of sp³-hybridized carbons (Fsp3) is 0.538. The minimum Gasteiger partial charge on any atom is -0.493 e. The van der Waals surface area contributed by atoms with Crippen LogP contribution in [0.2, 0.25) is 0 Å². The van der Waals surface area contributed by atoms with E-state index in [4.69, 9.17) is 20.1 Å². The summed E-state index contributed by atoms with van der Waals surface area (Å²) in [4.78, 5) is 0. The van der Waals surface area contributed by atoms with Crippen molar-refractivity contribution < 1.29 is 27.4 Å². The summed E-state index contributed by atoms with van der Waals surface area (Å²) in [6.07, 6.45) is -5.43. The van der Waals surface area contributed by atoms with Gasteiger partial charge in [0.2, 0.25) is 5.75 Å². The molecule has 8 heteroatoms. The van der Waals surface area contributed by atoms with E-state index in [-0.39, 0.29) is 6.42 Å². The van der Waals surface area contributed by atoms with Crippen LogP contribution in [0, 0.1) is 0 Å². The molecule has 0 saturated heterocycles. The van der Waals surface area contributed by atoms with E-state index in [1.54, 1.807) is 12.1 Å². The summed E-state index contributed by atoms with van der Waals surface area (Å²) in [5.41, 5.74) is 2.85. The van der Waals surface area contributed by atoms with Crippen LogP contribution in [0.4, 0.5) is 13.2 Å². The molecular formula is C13H19F3N2O3. The van der Waals surface area contributed by atoms with Gasteiger partial charge in [-0.1, -0.05) is 0 Å². The first kappa shape index (κ1) is 17.4. The molecular weight excluding hydrogens is 289 g/mol. The molecule has 0 spiro atoms. The third-order valence-corrected chi connectivity index (χ3v) is 3.03. The molecule has 0 aliphatic heterocycles. The first-order chi connectivity index (χ1) is 9.87. The van der Waals surface area contributed by atoms with Crippen LogP contribution in [-0.2, 0) is 0 Å². The van der Waals surface area contributed by atoms with Gasteiger partial charge in [0.05, 0.1) is 27.4 Å². The van der Waals surface area contributed by atoms with Crippen molar-refractivity contribution in [3.05, 3.63) is 17.7 Å². The lowest BCUT2D eigenvalue weighted by molar-refractivity contribution is -0.136. The maximum Gasteiger partial charge on any atom is 0.389 e. The van der Waals surface area contributed by atoms with Crippen LogP contribution in [0.15, 0.2) is 12.1 Å². The van der Waals surface area contributed by atoms with E-state index in [9.17, 15) is 13.2 Å². The van der Waals surface area contributed by atoms with Gasteiger partial charge in [-0.2, -0.15) is 13.2 Å². The highest BCUT2D eigenvalue weighted by Crippen LogP contribution is 2.43. The van der Waals surface area contributed by atoms with Gasteiger partial charge in [0, 0.05) is 12.0 Å². The Morgan fingerprint density at radius 1 is 1.10 bits per heavy atom. The number of hydrazine groups is 1. The molecule has 0 bridgehead atoms. The van der Waals surface area contributed by atoms with E-state index in [0.29, 0.717) is 22.8 Å². The Bertz CT molecular complexity index is 467. The molecule has 1 rings (SSSR count). The molecule has 0 heterocycles. The Morgan fingerprint density at radius 2 is 1.71 bits per heavy atom. The largest absolute Gasteiger partial charge is 0.493 e. The van der Waals surface area contributed by atoms with E-state index < -0.39 is 18.6 Å². The topological polar surface area (TPSA) is 65.7 Å². The Morgan fingerprint density at radius 3 is 2.14 bits per heavy atom. The Kier molecular flexibility index (Phi) is 6.10. The molecule has 1 aromatic carbocycles. The van der Waals surface area contributed by atoms with Crippen molar-refractivity contribution in [3.8, 4) is 17.2 Å². The van der Waals surface area contributed by atoms with E-state index in [2.05, 4.69) is 5.43 Å². The molecule has 0 fully saturated rings. The predicted molar refractivity (Wildman–Crippen MR) is 71.5 cm³/mol. The van der Waals surface area contributed by atoms with Gasteiger partial charge in [-0.3, -0.25) is 11.3 Å². The fourth-order valence-electron chi connectivity index (χ4n) is 2.04.